The van der Waals surface area contributed by atoms with Crippen LogP contribution in [0.25, 0.3) is 5.69 Å². The summed E-state index contributed by atoms with van der Waals surface area (Å²) in [7, 11) is 1.59. The quantitative estimate of drug-likeness (QED) is 0.760. The van der Waals surface area contributed by atoms with Gasteiger partial charge >= 0.3 is 6.09 Å². The van der Waals surface area contributed by atoms with E-state index in [9.17, 15) is 4.79 Å². The minimum atomic E-state index is -0.755. The highest BCUT2D eigenvalue weighted by molar-refractivity contribution is 5.65. The number of methoxy groups -OCH3 is 1. The van der Waals surface area contributed by atoms with Crippen LogP contribution >= 0.6 is 0 Å². The zero-order valence-corrected chi connectivity index (χ0v) is 15.8. The van der Waals surface area contributed by atoms with E-state index < -0.39 is 6.09 Å². The maximum absolute atomic E-state index is 10.8. The molecule has 1 aliphatic heterocycles. The van der Waals surface area contributed by atoms with Gasteiger partial charge in [-0.1, -0.05) is 0 Å². The van der Waals surface area contributed by atoms with Crippen molar-refractivity contribution in [3.8, 4) is 17.4 Å². The van der Waals surface area contributed by atoms with Crippen LogP contribution < -0.4 is 20.5 Å². The standard InChI is InChI=1S/C18H23N5O5/c1-10-5-12(7-20-16(10)25-2)23-15-13(3-4-26-9-21-15)17(22-23)27-8-11-6-14(11)28-18(19)24/h5,7,11,14,21H,3-4,6,8-9H2,1-2H3,(H2,19,24)/t11-,14+/m0/s1. The Morgan fingerprint density at radius 3 is 3.07 bits per heavy atom. The number of carbonyl (C=O) groups is 1. The molecule has 28 heavy (non-hydrogen) atoms. The predicted molar refractivity (Wildman–Crippen MR) is 98.9 cm³/mol. The summed E-state index contributed by atoms with van der Waals surface area (Å²) in [5.41, 5.74) is 7.70. The number of nitrogens with one attached hydrogen (secondary N) is 1. The molecular formula is C18H23N5O5. The number of anilines is 1. The van der Waals surface area contributed by atoms with Crippen LogP contribution in [0.4, 0.5) is 10.6 Å². The molecule has 0 unspecified atom stereocenters. The second-order valence-electron chi connectivity index (χ2n) is 6.83. The zero-order chi connectivity index (χ0) is 19.7. The number of ether oxygens (including phenoxy) is 4. The van der Waals surface area contributed by atoms with Crippen molar-refractivity contribution in [2.75, 3.05) is 32.4 Å². The molecule has 1 amide bonds. The number of pyridine rings is 1. The summed E-state index contributed by atoms with van der Waals surface area (Å²) in [6, 6.07) is 1.95. The summed E-state index contributed by atoms with van der Waals surface area (Å²) in [6.45, 7) is 3.29. The molecular weight excluding hydrogens is 366 g/mol. The second-order valence-corrected chi connectivity index (χ2v) is 6.83. The number of aryl methyl sites for hydroxylation is 1. The number of nitrogens with two attached hydrogens (primary N) is 1. The summed E-state index contributed by atoms with van der Waals surface area (Å²) in [6.07, 6.45) is 2.19. The van der Waals surface area contributed by atoms with Crippen LogP contribution in [0.5, 0.6) is 11.8 Å². The van der Waals surface area contributed by atoms with Crippen molar-refractivity contribution >= 4 is 11.9 Å². The summed E-state index contributed by atoms with van der Waals surface area (Å²) < 4.78 is 23.5. The first-order valence-electron chi connectivity index (χ1n) is 9.10. The Morgan fingerprint density at radius 1 is 1.46 bits per heavy atom. The summed E-state index contributed by atoms with van der Waals surface area (Å²) in [4.78, 5) is 15.2. The third-order valence-electron chi connectivity index (χ3n) is 4.80. The molecule has 0 saturated heterocycles. The van der Waals surface area contributed by atoms with E-state index in [0.717, 1.165) is 29.1 Å². The number of primary amides is 1. The van der Waals surface area contributed by atoms with E-state index in [0.29, 0.717) is 38.1 Å². The lowest BCUT2D eigenvalue weighted by atomic mass is 10.2. The molecule has 1 fully saturated rings. The van der Waals surface area contributed by atoms with Gasteiger partial charge in [-0.2, -0.15) is 0 Å². The van der Waals surface area contributed by atoms with Gasteiger partial charge in [0.25, 0.3) is 0 Å². The third kappa shape index (κ3) is 3.68. The van der Waals surface area contributed by atoms with Crippen LogP contribution in [0.15, 0.2) is 12.3 Å². The van der Waals surface area contributed by atoms with E-state index in [4.69, 9.17) is 24.7 Å². The van der Waals surface area contributed by atoms with Gasteiger partial charge in [0.05, 0.1) is 37.8 Å². The van der Waals surface area contributed by atoms with Crippen molar-refractivity contribution in [3.05, 3.63) is 23.4 Å². The van der Waals surface area contributed by atoms with Crippen LogP contribution in [-0.2, 0) is 15.9 Å². The Kier molecular flexibility index (Phi) is 4.95. The average Bonchev–Trinajstić information content (AvgIpc) is 3.37. The number of carbonyl (C=O) groups excluding carboxylic acids is 1. The van der Waals surface area contributed by atoms with Gasteiger partial charge in [0.2, 0.25) is 11.8 Å². The lowest BCUT2D eigenvalue weighted by Gasteiger charge is -2.10. The number of rotatable bonds is 6. The lowest BCUT2D eigenvalue weighted by Crippen LogP contribution is -2.16. The highest BCUT2D eigenvalue weighted by Crippen LogP contribution is 2.36. The van der Waals surface area contributed by atoms with Gasteiger partial charge in [-0.15, -0.1) is 5.10 Å². The molecule has 0 bridgehead atoms. The maximum Gasteiger partial charge on any atom is 0.404 e. The highest BCUT2D eigenvalue weighted by atomic mass is 16.6. The number of amides is 1. The van der Waals surface area contributed by atoms with Gasteiger partial charge in [0, 0.05) is 17.9 Å². The van der Waals surface area contributed by atoms with Crippen LogP contribution in [0.2, 0.25) is 0 Å². The summed E-state index contributed by atoms with van der Waals surface area (Å²) in [5, 5.41) is 7.90. The zero-order valence-electron chi connectivity index (χ0n) is 15.8. The molecule has 10 nitrogen and oxygen atoms in total. The molecule has 0 spiro atoms. The van der Waals surface area contributed by atoms with Crippen molar-refractivity contribution in [2.45, 2.75) is 25.9 Å². The van der Waals surface area contributed by atoms with Gasteiger partial charge in [0.1, 0.15) is 18.7 Å². The fourth-order valence-corrected chi connectivity index (χ4v) is 3.26. The van der Waals surface area contributed by atoms with Gasteiger partial charge in [-0.25, -0.2) is 14.5 Å². The lowest BCUT2D eigenvalue weighted by molar-refractivity contribution is 0.136. The fourth-order valence-electron chi connectivity index (χ4n) is 3.26. The Labute approximate surface area is 161 Å². The van der Waals surface area contributed by atoms with E-state index >= 15 is 0 Å². The number of hydrogen-bond donors (Lipinski definition) is 2. The number of nitrogens with zero attached hydrogens (tertiary/aromatic N) is 3. The Bertz CT molecular complexity index is 883. The smallest absolute Gasteiger partial charge is 0.404 e. The first-order valence-corrected chi connectivity index (χ1v) is 9.10. The monoisotopic (exact) mass is 389 g/mol. The van der Waals surface area contributed by atoms with Crippen molar-refractivity contribution in [2.24, 2.45) is 11.7 Å². The second kappa shape index (κ2) is 7.55. The van der Waals surface area contributed by atoms with E-state index in [1.807, 2.05) is 13.0 Å². The van der Waals surface area contributed by atoms with Crippen LogP contribution in [0.1, 0.15) is 17.5 Å². The molecule has 1 aliphatic carbocycles. The summed E-state index contributed by atoms with van der Waals surface area (Å²) in [5.74, 6) is 2.06. The predicted octanol–water partition coefficient (Wildman–Crippen LogP) is 1.39. The van der Waals surface area contributed by atoms with E-state index in [-0.39, 0.29) is 12.0 Å². The molecule has 4 rings (SSSR count). The average molecular weight is 389 g/mol. The first kappa shape index (κ1) is 18.4. The largest absolute Gasteiger partial charge is 0.481 e. The van der Waals surface area contributed by atoms with E-state index in [1.165, 1.54) is 0 Å². The molecule has 1 saturated carbocycles. The van der Waals surface area contributed by atoms with E-state index in [1.54, 1.807) is 18.0 Å². The molecule has 2 aromatic heterocycles. The summed E-state index contributed by atoms with van der Waals surface area (Å²) >= 11 is 0. The third-order valence-corrected chi connectivity index (χ3v) is 4.80. The molecule has 3 N–H and O–H groups in total. The van der Waals surface area contributed by atoms with Crippen LogP contribution in [0, 0.1) is 12.8 Å². The van der Waals surface area contributed by atoms with Gasteiger partial charge in [-0.3, -0.25) is 0 Å². The molecule has 2 aliphatic rings. The molecule has 3 heterocycles. The first-order chi connectivity index (χ1) is 13.6. The number of fused-ring (bicyclic) bond motifs is 1. The van der Waals surface area contributed by atoms with Crippen molar-refractivity contribution < 1.29 is 23.7 Å². The Hall–Kier alpha value is -3.01. The van der Waals surface area contributed by atoms with Crippen LogP contribution in [0.3, 0.4) is 0 Å². The van der Waals surface area contributed by atoms with Crippen molar-refractivity contribution in [3.63, 3.8) is 0 Å². The van der Waals surface area contributed by atoms with Crippen LogP contribution in [-0.4, -0.2) is 54.0 Å². The van der Waals surface area contributed by atoms with Crippen molar-refractivity contribution in [1.29, 1.82) is 0 Å². The number of aromatic nitrogens is 3. The molecule has 150 valence electrons. The van der Waals surface area contributed by atoms with Crippen molar-refractivity contribution in [1.82, 2.24) is 14.8 Å². The minimum Gasteiger partial charge on any atom is -0.481 e. The molecule has 0 radical (unpaired) electrons. The molecule has 2 aromatic rings. The minimum absolute atomic E-state index is 0.133. The Balaban J connectivity index is 1.57. The molecule has 10 heteroatoms. The molecule has 2 atom stereocenters. The van der Waals surface area contributed by atoms with E-state index in [2.05, 4.69) is 15.4 Å². The van der Waals surface area contributed by atoms with Gasteiger partial charge in [-0.05, 0) is 19.4 Å². The maximum atomic E-state index is 10.8. The van der Waals surface area contributed by atoms with Gasteiger partial charge in [0.15, 0.2) is 0 Å². The number of hydrogen-bond acceptors (Lipinski definition) is 8. The fraction of sp³-hybridized carbons (Fsp3) is 0.500. The molecule has 0 aromatic carbocycles. The SMILES string of the molecule is COc1ncc(-n2nc(OC[C@@H]3C[C@H]3OC(N)=O)c3c2NCOCC3)cc1C. The Morgan fingerprint density at radius 2 is 2.32 bits per heavy atom. The van der Waals surface area contributed by atoms with Gasteiger partial charge < -0.3 is 30.0 Å². The topological polar surface area (TPSA) is 123 Å². The highest BCUT2D eigenvalue weighted by Gasteiger charge is 2.41. The normalized spacial score (nSPS) is 20.5.